The van der Waals surface area contributed by atoms with Crippen LogP contribution in [0.15, 0.2) is 48.7 Å². The summed E-state index contributed by atoms with van der Waals surface area (Å²) in [4.78, 5) is 16.6. The highest BCUT2D eigenvalue weighted by Crippen LogP contribution is 2.53. The van der Waals surface area contributed by atoms with Gasteiger partial charge in [0.25, 0.3) is 0 Å². The van der Waals surface area contributed by atoms with Gasteiger partial charge in [-0.25, -0.2) is 21.9 Å². The third-order valence-electron chi connectivity index (χ3n) is 8.86. The van der Waals surface area contributed by atoms with E-state index in [-0.39, 0.29) is 41.6 Å². The molecule has 10 heteroatoms. The van der Waals surface area contributed by atoms with Crippen molar-refractivity contribution in [2.45, 2.75) is 49.9 Å². The number of aliphatic hydroxyl groups is 1. The Morgan fingerprint density at radius 1 is 1.23 bits per heavy atom. The molecule has 2 aromatic rings. The fourth-order valence-electron chi connectivity index (χ4n) is 7.07. The van der Waals surface area contributed by atoms with Crippen LogP contribution in [-0.2, 0) is 14.8 Å². The Hall–Kier alpha value is -2.82. The van der Waals surface area contributed by atoms with Crippen molar-refractivity contribution in [3.63, 3.8) is 0 Å². The monoisotopic (exact) mass is 557 g/mol. The van der Waals surface area contributed by atoms with Crippen LogP contribution in [0.5, 0.6) is 0 Å². The molecule has 39 heavy (non-hydrogen) atoms. The molecule has 1 saturated heterocycles. The number of sulfonamides is 1. The molecule has 2 N–H and O–H groups in total. The Balaban J connectivity index is 1.41. The van der Waals surface area contributed by atoms with E-state index < -0.39 is 28.0 Å². The lowest BCUT2D eigenvalue weighted by Crippen LogP contribution is -2.51. The number of hydrogen-bond acceptors (Lipinski definition) is 6. The predicted octanol–water partition coefficient (Wildman–Crippen LogP) is 4.07. The minimum Gasteiger partial charge on any atom is -0.450 e. The standard InChI is InChI=1S/C29H36FN3O5S/c1-3-38-29(35)32-23-10-11-24-20(14-23)15-26-28(27(17-34)39(36,37)33(26)2)25(24)12-9-22-8-7-19(16-31-22)18-5-4-6-21(30)13-18/h4-9,12-13,16,20,23-28,34H,3,10-11,14-15,17H2,1-2H3,(H,32,35)/b12-9+/t20-,23-,24+,25-,26+,27+,28-/m0/s1. The molecule has 0 bridgehead atoms. The maximum absolute atomic E-state index is 13.6. The number of halogens is 1. The number of aromatic nitrogens is 1. The normalized spacial score (nSPS) is 31.9. The summed E-state index contributed by atoms with van der Waals surface area (Å²) >= 11 is 0. The quantitative estimate of drug-likeness (QED) is 0.554. The van der Waals surface area contributed by atoms with E-state index in [4.69, 9.17) is 4.74 Å². The molecular weight excluding hydrogens is 521 g/mol. The highest BCUT2D eigenvalue weighted by atomic mass is 32.2. The van der Waals surface area contributed by atoms with Crippen LogP contribution < -0.4 is 5.32 Å². The van der Waals surface area contributed by atoms with Crippen LogP contribution in [0.1, 0.15) is 38.3 Å². The lowest BCUT2D eigenvalue weighted by molar-refractivity contribution is 0.0281. The number of hydrogen-bond donors (Lipinski definition) is 2. The molecule has 0 spiro atoms. The SMILES string of the molecule is CCOC(=O)N[C@H]1CC[C@@H]2[C@@H](C1)C[C@@H]1[C@H]([C@H]2/C=C/c2ccc(-c3cccc(F)c3)cn2)[C@@H](CO)S(=O)(=O)N1C. The first-order valence-electron chi connectivity index (χ1n) is 13.6. The molecule has 1 aromatic carbocycles. The highest BCUT2D eigenvalue weighted by molar-refractivity contribution is 7.90. The Morgan fingerprint density at radius 3 is 2.74 bits per heavy atom. The van der Waals surface area contributed by atoms with E-state index in [2.05, 4.69) is 16.4 Å². The van der Waals surface area contributed by atoms with E-state index in [9.17, 15) is 22.7 Å². The lowest BCUT2D eigenvalue weighted by Gasteiger charge is -2.49. The highest BCUT2D eigenvalue weighted by Gasteiger charge is 2.59. The van der Waals surface area contributed by atoms with Crippen LogP contribution in [0.2, 0.25) is 0 Å². The Kier molecular flexibility index (Phi) is 8.07. The van der Waals surface area contributed by atoms with Gasteiger partial charge in [0.05, 0.1) is 18.9 Å². The van der Waals surface area contributed by atoms with Crippen LogP contribution in [0.3, 0.4) is 0 Å². The van der Waals surface area contributed by atoms with Crippen molar-refractivity contribution in [3.8, 4) is 11.1 Å². The summed E-state index contributed by atoms with van der Waals surface area (Å²) in [5, 5.41) is 12.3. The second-order valence-corrected chi connectivity index (χ2v) is 13.1. The number of carbonyl (C=O) groups is 1. The number of alkyl carbamates (subject to hydrolysis) is 1. The molecule has 1 aliphatic heterocycles. The number of nitrogens with zero attached hydrogens (tertiary/aromatic N) is 2. The first-order chi connectivity index (χ1) is 18.7. The van der Waals surface area contributed by atoms with E-state index in [1.807, 2.05) is 24.3 Å². The molecule has 8 nitrogen and oxygen atoms in total. The van der Waals surface area contributed by atoms with Crippen molar-refractivity contribution in [2.75, 3.05) is 20.3 Å². The van der Waals surface area contributed by atoms with Gasteiger partial charge in [-0.1, -0.05) is 24.3 Å². The van der Waals surface area contributed by atoms with Gasteiger partial charge >= 0.3 is 6.09 Å². The van der Waals surface area contributed by atoms with Crippen molar-refractivity contribution < 1.29 is 27.4 Å². The number of amides is 1. The van der Waals surface area contributed by atoms with E-state index in [0.717, 1.165) is 36.1 Å². The molecule has 2 aliphatic carbocycles. The molecule has 0 radical (unpaired) electrons. The summed E-state index contributed by atoms with van der Waals surface area (Å²) in [6.07, 6.45) is 8.39. The van der Waals surface area contributed by atoms with Crippen molar-refractivity contribution in [3.05, 3.63) is 60.2 Å². The van der Waals surface area contributed by atoms with Gasteiger partial charge in [0.15, 0.2) is 0 Å². The fourth-order valence-corrected chi connectivity index (χ4v) is 9.05. The number of ether oxygens (including phenoxy) is 1. The van der Waals surface area contributed by atoms with Gasteiger partial charge in [-0.3, -0.25) is 4.98 Å². The first kappa shape index (κ1) is 27.7. The first-order valence-corrected chi connectivity index (χ1v) is 15.1. The number of fused-ring (bicyclic) bond motifs is 2. The number of benzene rings is 1. The Labute approximate surface area is 229 Å². The number of rotatable bonds is 6. The molecular formula is C29H36FN3O5S. The average Bonchev–Trinajstić information content (AvgIpc) is 3.11. The number of allylic oxidation sites excluding steroid dienone is 1. The summed E-state index contributed by atoms with van der Waals surface area (Å²) in [5.74, 6) is -0.160. The van der Waals surface area contributed by atoms with Crippen LogP contribution >= 0.6 is 0 Å². The zero-order chi connectivity index (χ0) is 27.7. The van der Waals surface area contributed by atoms with Gasteiger partial charge in [0.1, 0.15) is 11.1 Å². The topological polar surface area (TPSA) is 109 Å². The minimum atomic E-state index is -3.62. The molecule has 2 saturated carbocycles. The summed E-state index contributed by atoms with van der Waals surface area (Å²) in [6, 6.07) is 9.90. The molecule has 1 amide bonds. The van der Waals surface area contributed by atoms with E-state index in [1.54, 1.807) is 26.2 Å². The van der Waals surface area contributed by atoms with Gasteiger partial charge in [0.2, 0.25) is 10.0 Å². The minimum absolute atomic E-state index is 0.0135. The second kappa shape index (κ2) is 11.3. The summed E-state index contributed by atoms with van der Waals surface area (Å²) in [7, 11) is -2.00. The van der Waals surface area contributed by atoms with Crippen LogP contribution in [0.25, 0.3) is 17.2 Å². The molecule has 3 fully saturated rings. The Bertz CT molecular complexity index is 1320. The van der Waals surface area contributed by atoms with Crippen LogP contribution in [0.4, 0.5) is 9.18 Å². The zero-order valence-electron chi connectivity index (χ0n) is 22.2. The van der Waals surface area contributed by atoms with Crippen molar-refractivity contribution in [1.82, 2.24) is 14.6 Å². The molecule has 7 atom stereocenters. The number of pyridine rings is 1. The van der Waals surface area contributed by atoms with E-state index in [0.29, 0.717) is 13.0 Å². The molecule has 1 aromatic heterocycles. The lowest BCUT2D eigenvalue weighted by atomic mass is 9.58. The van der Waals surface area contributed by atoms with Gasteiger partial charge in [-0.15, -0.1) is 0 Å². The van der Waals surface area contributed by atoms with Gasteiger partial charge < -0.3 is 15.2 Å². The maximum Gasteiger partial charge on any atom is 0.407 e. The summed E-state index contributed by atoms with van der Waals surface area (Å²) in [6.45, 7) is 1.67. The van der Waals surface area contributed by atoms with E-state index >= 15 is 0 Å². The second-order valence-electron chi connectivity index (χ2n) is 10.9. The predicted molar refractivity (Wildman–Crippen MR) is 146 cm³/mol. The molecule has 0 unspecified atom stereocenters. The number of carbonyl (C=O) groups excluding carboxylic acids is 1. The molecule has 3 aliphatic rings. The van der Waals surface area contributed by atoms with Crippen molar-refractivity contribution in [2.24, 2.45) is 23.7 Å². The third kappa shape index (κ3) is 5.47. The van der Waals surface area contributed by atoms with Gasteiger partial charge in [-0.05, 0) is 80.2 Å². The number of nitrogens with one attached hydrogen (secondary N) is 1. The molecule has 5 rings (SSSR count). The third-order valence-corrected chi connectivity index (χ3v) is 11.2. The summed E-state index contributed by atoms with van der Waals surface area (Å²) in [5.41, 5.74) is 2.27. The maximum atomic E-state index is 13.6. The van der Waals surface area contributed by atoms with Gasteiger partial charge in [-0.2, -0.15) is 0 Å². The largest absolute Gasteiger partial charge is 0.450 e. The zero-order valence-corrected chi connectivity index (χ0v) is 23.1. The van der Waals surface area contributed by atoms with E-state index in [1.165, 1.54) is 16.4 Å². The fraction of sp³-hybridized carbons (Fsp3) is 0.517. The van der Waals surface area contributed by atoms with Crippen LogP contribution in [-0.4, -0.2) is 66.5 Å². The number of aliphatic hydroxyl groups excluding tert-OH is 1. The average molecular weight is 558 g/mol. The van der Waals surface area contributed by atoms with Crippen molar-refractivity contribution >= 4 is 22.2 Å². The summed E-state index contributed by atoms with van der Waals surface area (Å²) < 4.78 is 46.6. The van der Waals surface area contributed by atoms with Crippen molar-refractivity contribution in [1.29, 1.82) is 0 Å². The molecule has 2 heterocycles. The van der Waals surface area contributed by atoms with Gasteiger partial charge in [0, 0.05) is 36.8 Å². The Morgan fingerprint density at radius 2 is 2.05 bits per heavy atom. The van der Waals surface area contributed by atoms with Crippen LogP contribution in [0, 0.1) is 29.5 Å². The smallest absolute Gasteiger partial charge is 0.407 e. The molecule has 210 valence electrons.